The molecular weight excluding hydrogens is 263 g/mol. The van der Waals surface area contributed by atoms with E-state index in [0.717, 1.165) is 18.4 Å². The van der Waals surface area contributed by atoms with Crippen molar-refractivity contribution in [3.05, 3.63) is 35.9 Å². The highest BCUT2D eigenvalue weighted by atomic mass is 16.9. The second kappa shape index (κ2) is 5.38. The average Bonchev–Trinajstić information content (AvgIpc) is 2.34. The Hall–Kier alpha value is -0.900. The quantitative estimate of drug-likeness (QED) is 0.859. The molecular formula is C18H29NO2. The van der Waals surface area contributed by atoms with Crippen LogP contribution in [0.25, 0.3) is 0 Å². The van der Waals surface area contributed by atoms with Crippen molar-refractivity contribution < 1.29 is 9.94 Å². The number of nitrogens with zero attached hydrogens (tertiary/aromatic N) is 1. The number of hydrogen-bond acceptors (Lipinski definition) is 3. The van der Waals surface area contributed by atoms with Crippen LogP contribution >= 0.6 is 0 Å². The Bertz CT molecular complexity index is 461. The van der Waals surface area contributed by atoms with Crippen LogP contribution < -0.4 is 0 Å². The number of aliphatic hydroxyl groups excluding tert-OH is 1. The average molecular weight is 292 g/mol. The number of aliphatic hydroxyl groups is 1. The molecule has 0 bridgehead atoms. The summed E-state index contributed by atoms with van der Waals surface area (Å²) in [5, 5.41) is 12.2. The highest BCUT2D eigenvalue weighted by Gasteiger charge is 2.48. The van der Waals surface area contributed by atoms with Gasteiger partial charge in [-0.05, 0) is 59.9 Å². The van der Waals surface area contributed by atoms with E-state index in [1.54, 1.807) is 0 Å². The second-order valence-electron chi connectivity index (χ2n) is 7.95. The molecule has 1 aromatic rings. The maximum atomic E-state index is 10.1. The minimum absolute atomic E-state index is 0.201. The summed E-state index contributed by atoms with van der Waals surface area (Å²) in [7, 11) is 0. The van der Waals surface area contributed by atoms with Crippen molar-refractivity contribution in [2.24, 2.45) is 0 Å². The van der Waals surface area contributed by atoms with E-state index >= 15 is 0 Å². The summed E-state index contributed by atoms with van der Waals surface area (Å²) in [5.41, 5.74) is 0.348. The lowest BCUT2D eigenvalue weighted by Crippen LogP contribution is -2.63. The minimum Gasteiger partial charge on any atom is -0.393 e. The molecule has 0 unspecified atom stereocenters. The van der Waals surface area contributed by atoms with Crippen LogP contribution in [0, 0.1) is 0 Å². The Morgan fingerprint density at radius 2 is 1.52 bits per heavy atom. The number of piperidine rings is 1. The molecule has 1 N–H and O–H groups in total. The first-order valence-corrected chi connectivity index (χ1v) is 7.78. The molecule has 1 aliphatic heterocycles. The first-order chi connectivity index (χ1) is 9.55. The molecule has 1 fully saturated rings. The van der Waals surface area contributed by atoms with Crippen LogP contribution in [-0.4, -0.2) is 27.4 Å². The molecule has 1 saturated heterocycles. The molecule has 1 heterocycles. The lowest BCUT2D eigenvalue weighted by molar-refractivity contribution is -0.340. The van der Waals surface area contributed by atoms with E-state index in [4.69, 9.17) is 4.84 Å². The van der Waals surface area contributed by atoms with Crippen molar-refractivity contribution in [3.8, 4) is 0 Å². The van der Waals surface area contributed by atoms with E-state index in [1.165, 1.54) is 0 Å². The molecule has 3 nitrogen and oxygen atoms in total. The van der Waals surface area contributed by atoms with E-state index < -0.39 is 5.60 Å². The van der Waals surface area contributed by atoms with Gasteiger partial charge >= 0.3 is 0 Å². The molecule has 0 saturated carbocycles. The van der Waals surface area contributed by atoms with Gasteiger partial charge in [0.25, 0.3) is 0 Å². The van der Waals surface area contributed by atoms with Gasteiger partial charge in [-0.1, -0.05) is 30.3 Å². The summed E-state index contributed by atoms with van der Waals surface area (Å²) in [6, 6.07) is 10.3. The normalized spacial score (nSPS) is 23.2. The molecule has 118 valence electrons. The zero-order valence-electron chi connectivity index (χ0n) is 14.2. The van der Waals surface area contributed by atoms with Gasteiger partial charge in [0.15, 0.2) is 0 Å². The van der Waals surface area contributed by atoms with Crippen molar-refractivity contribution in [2.45, 2.75) is 77.2 Å². The van der Waals surface area contributed by atoms with Crippen molar-refractivity contribution in [3.63, 3.8) is 0 Å². The second-order valence-corrected chi connectivity index (χ2v) is 7.95. The molecule has 0 radical (unpaired) electrons. The maximum absolute atomic E-state index is 10.1. The topological polar surface area (TPSA) is 32.7 Å². The molecule has 1 aromatic carbocycles. The number of hydrogen-bond donors (Lipinski definition) is 1. The lowest BCUT2D eigenvalue weighted by atomic mass is 9.84. The highest BCUT2D eigenvalue weighted by Crippen LogP contribution is 2.41. The molecule has 2 rings (SSSR count). The third kappa shape index (κ3) is 3.47. The van der Waals surface area contributed by atoms with Crippen LogP contribution in [0.4, 0.5) is 0 Å². The van der Waals surface area contributed by atoms with Crippen LogP contribution in [-0.2, 0) is 10.4 Å². The molecule has 21 heavy (non-hydrogen) atoms. The number of hydroxylamine groups is 2. The molecule has 1 aliphatic rings. The van der Waals surface area contributed by atoms with E-state index in [2.05, 4.69) is 58.7 Å². The molecule has 0 aliphatic carbocycles. The van der Waals surface area contributed by atoms with Gasteiger partial charge in [-0.25, -0.2) is 0 Å². The Kier molecular flexibility index (Phi) is 4.22. The van der Waals surface area contributed by atoms with Crippen molar-refractivity contribution in [1.82, 2.24) is 5.06 Å². The largest absolute Gasteiger partial charge is 0.393 e. The third-order valence-electron chi connectivity index (χ3n) is 4.36. The van der Waals surface area contributed by atoms with E-state index in [0.29, 0.717) is 0 Å². The van der Waals surface area contributed by atoms with Gasteiger partial charge in [-0.2, -0.15) is 5.06 Å². The Morgan fingerprint density at radius 1 is 1.05 bits per heavy atom. The van der Waals surface area contributed by atoms with Gasteiger partial charge in [-0.15, -0.1) is 0 Å². The lowest BCUT2D eigenvalue weighted by Gasteiger charge is -2.55. The van der Waals surface area contributed by atoms with Crippen LogP contribution in [0.3, 0.4) is 0 Å². The Morgan fingerprint density at radius 3 is 2.00 bits per heavy atom. The van der Waals surface area contributed by atoms with E-state index in [1.807, 2.05) is 18.2 Å². The molecule has 0 amide bonds. The zero-order valence-corrected chi connectivity index (χ0v) is 14.2. The fourth-order valence-electron chi connectivity index (χ4n) is 3.58. The van der Waals surface area contributed by atoms with E-state index in [-0.39, 0.29) is 17.2 Å². The Balaban J connectivity index is 2.28. The van der Waals surface area contributed by atoms with Crippen molar-refractivity contribution >= 4 is 0 Å². The SMILES string of the molecule is CC(C)(O[15N]1C(C)(C)CC(O)CC1(C)C)c1ccccc1. The third-order valence-corrected chi connectivity index (χ3v) is 4.36. The van der Waals surface area contributed by atoms with Gasteiger partial charge in [0.05, 0.1) is 6.10 Å². The smallest absolute Gasteiger partial charge is 0.109 e. The Labute approximate surface area is 128 Å². The summed E-state index contributed by atoms with van der Waals surface area (Å²) in [5.74, 6) is 0. The predicted octanol–water partition coefficient (Wildman–Crippen LogP) is 3.87. The molecule has 3 heteroatoms. The van der Waals surface area contributed by atoms with E-state index in [9.17, 15) is 5.11 Å². The predicted molar refractivity (Wildman–Crippen MR) is 85.8 cm³/mol. The first-order valence-electron chi connectivity index (χ1n) is 7.78. The monoisotopic (exact) mass is 292 g/mol. The summed E-state index contributed by atoms with van der Waals surface area (Å²) in [6.07, 6.45) is 1.18. The van der Waals surface area contributed by atoms with Gasteiger partial charge in [0, 0.05) is 11.1 Å². The van der Waals surface area contributed by atoms with Gasteiger partial charge in [-0.3, -0.25) is 4.84 Å². The van der Waals surface area contributed by atoms with Gasteiger partial charge in [0.2, 0.25) is 0 Å². The van der Waals surface area contributed by atoms with Gasteiger partial charge in [0.1, 0.15) is 5.60 Å². The molecule has 0 atom stereocenters. The number of benzene rings is 1. The molecule has 0 spiro atoms. The first kappa shape index (κ1) is 16.5. The van der Waals surface area contributed by atoms with Crippen molar-refractivity contribution in [1.29, 1.82) is 0 Å². The molecule has 0 aromatic heterocycles. The summed E-state index contributed by atoms with van der Waals surface area (Å²) in [4.78, 5) is 6.47. The fourth-order valence-corrected chi connectivity index (χ4v) is 3.58. The zero-order chi connectivity index (χ0) is 15.9. The fraction of sp³-hybridized carbons (Fsp3) is 0.667. The highest BCUT2D eigenvalue weighted by molar-refractivity contribution is 5.20. The summed E-state index contributed by atoms with van der Waals surface area (Å²) < 4.78 is 0. The van der Waals surface area contributed by atoms with Crippen LogP contribution in [0.5, 0.6) is 0 Å². The number of rotatable bonds is 3. The summed E-state index contributed by atoms with van der Waals surface area (Å²) in [6.45, 7) is 12.7. The van der Waals surface area contributed by atoms with Gasteiger partial charge < -0.3 is 5.11 Å². The standard InChI is InChI=1S/C18H29NO2/c1-16(2)12-15(20)13-17(3,4)19(16)21-18(5,6)14-10-8-7-9-11-14/h7-11,15,20H,12-13H2,1-6H3/i19+1. The van der Waals surface area contributed by atoms with Crippen LogP contribution in [0.1, 0.15) is 59.9 Å². The maximum Gasteiger partial charge on any atom is 0.109 e. The van der Waals surface area contributed by atoms with Crippen molar-refractivity contribution in [2.75, 3.05) is 0 Å². The van der Waals surface area contributed by atoms with Crippen LogP contribution in [0.15, 0.2) is 30.3 Å². The van der Waals surface area contributed by atoms with Crippen LogP contribution in [0.2, 0.25) is 0 Å². The minimum atomic E-state index is -0.405. The summed E-state index contributed by atoms with van der Waals surface area (Å²) >= 11 is 0.